The van der Waals surface area contributed by atoms with E-state index in [-0.39, 0.29) is 28.1 Å². The Kier molecular flexibility index (Phi) is 4.74. The van der Waals surface area contributed by atoms with E-state index in [1.165, 1.54) is 11.5 Å². The van der Waals surface area contributed by atoms with Crippen LogP contribution in [0.25, 0.3) is 10.9 Å². The molecule has 0 saturated heterocycles. The number of halogens is 2. The molecule has 138 valence electrons. The molecule has 1 unspecified atom stereocenters. The van der Waals surface area contributed by atoms with Crippen molar-refractivity contribution < 1.29 is 27.8 Å². The highest BCUT2D eigenvalue weighted by Gasteiger charge is 2.37. The molecule has 0 spiro atoms. The first-order chi connectivity index (χ1) is 12.2. The Morgan fingerprint density at radius 1 is 1.27 bits per heavy atom. The third-order valence-electron chi connectivity index (χ3n) is 3.71. The average Bonchev–Trinajstić information content (AvgIpc) is 2.50. The van der Waals surface area contributed by atoms with Crippen molar-refractivity contribution in [2.24, 2.45) is 0 Å². The van der Waals surface area contributed by atoms with Gasteiger partial charge in [-0.15, -0.1) is 0 Å². The Labute approximate surface area is 151 Å². The number of ether oxygens (including phenoxy) is 2. The second kappa shape index (κ2) is 6.71. The number of benzene rings is 1. The summed E-state index contributed by atoms with van der Waals surface area (Å²) in [4.78, 5) is 36.1. The minimum atomic E-state index is -1.19. The molecule has 0 bridgehead atoms. The molecular weight excluding hydrogens is 368 g/mol. The first-order valence-electron chi connectivity index (χ1n) is 7.79. The number of rotatable bonds is 4. The van der Waals surface area contributed by atoms with Crippen molar-refractivity contribution in [1.82, 2.24) is 4.57 Å². The number of nitrogens with zero attached hydrogens (tertiary/aromatic N) is 1. The van der Waals surface area contributed by atoms with E-state index in [1.54, 1.807) is 13.8 Å². The summed E-state index contributed by atoms with van der Waals surface area (Å²) in [6.07, 6.45) is -0.454. The molecule has 0 radical (unpaired) electrons. The molecule has 2 aromatic rings. The second-order valence-electron chi connectivity index (χ2n) is 5.99. The number of carbonyl (C=O) groups excluding carboxylic acids is 2. The van der Waals surface area contributed by atoms with Crippen LogP contribution in [0.15, 0.2) is 22.0 Å². The highest BCUT2D eigenvalue weighted by Crippen LogP contribution is 2.47. The number of aromatic nitrogens is 1. The van der Waals surface area contributed by atoms with E-state index in [0.717, 1.165) is 23.9 Å². The molecule has 1 aromatic carbocycles. The molecule has 6 nitrogen and oxygen atoms in total. The predicted molar refractivity (Wildman–Crippen MR) is 90.2 cm³/mol. The van der Waals surface area contributed by atoms with Crippen LogP contribution in [0.2, 0.25) is 0 Å². The summed E-state index contributed by atoms with van der Waals surface area (Å²) < 4.78 is 38.9. The van der Waals surface area contributed by atoms with Crippen LogP contribution in [0.4, 0.5) is 8.78 Å². The molecule has 0 aliphatic carbocycles. The lowest BCUT2D eigenvalue weighted by atomic mass is 10.1. The smallest absolute Gasteiger partial charge is 0.345 e. The van der Waals surface area contributed by atoms with E-state index in [9.17, 15) is 23.2 Å². The molecule has 1 aromatic heterocycles. The van der Waals surface area contributed by atoms with Gasteiger partial charge in [-0.05, 0) is 19.9 Å². The lowest BCUT2D eigenvalue weighted by Gasteiger charge is -2.34. The number of carbonyl (C=O) groups is 2. The molecule has 9 heteroatoms. The van der Waals surface area contributed by atoms with Gasteiger partial charge in [-0.3, -0.25) is 9.59 Å². The topological polar surface area (TPSA) is 74.6 Å². The molecule has 26 heavy (non-hydrogen) atoms. The number of hydrogen-bond donors (Lipinski definition) is 0. The van der Waals surface area contributed by atoms with Crippen LogP contribution in [-0.4, -0.2) is 29.2 Å². The van der Waals surface area contributed by atoms with Crippen molar-refractivity contribution >= 4 is 34.6 Å². The number of hydrogen-bond acceptors (Lipinski definition) is 6. The van der Waals surface area contributed by atoms with E-state index in [0.29, 0.717) is 0 Å². The number of pyridine rings is 1. The van der Waals surface area contributed by atoms with Gasteiger partial charge in [0.1, 0.15) is 17.5 Å². The zero-order valence-electron chi connectivity index (χ0n) is 14.2. The van der Waals surface area contributed by atoms with Crippen molar-refractivity contribution in [3.8, 4) is 0 Å². The van der Waals surface area contributed by atoms with Crippen LogP contribution in [-0.2, 0) is 14.3 Å². The van der Waals surface area contributed by atoms with Gasteiger partial charge in [0, 0.05) is 18.4 Å². The maximum atomic E-state index is 13.7. The van der Waals surface area contributed by atoms with Crippen LogP contribution in [0.3, 0.4) is 0 Å². The van der Waals surface area contributed by atoms with Gasteiger partial charge >= 0.3 is 11.9 Å². The zero-order valence-corrected chi connectivity index (χ0v) is 15.0. The third kappa shape index (κ3) is 3.07. The van der Waals surface area contributed by atoms with Crippen LogP contribution in [0.1, 0.15) is 36.5 Å². The monoisotopic (exact) mass is 383 g/mol. The highest BCUT2D eigenvalue weighted by atomic mass is 32.2. The summed E-state index contributed by atoms with van der Waals surface area (Å²) in [7, 11) is 0. The van der Waals surface area contributed by atoms with Crippen molar-refractivity contribution in [2.45, 2.75) is 37.3 Å². The largest absolute Gasteiger partial charge is 0.463 e. The van der Waals surface area contributed by atoms with Gasteiger partial charge in [0.25, 0.3) is 0 Å². The van der Waals surface area contributed by atoms with E-state index < -0.39 is 40.5 Å². The van der Waals surface area contributed by atoms with Gasteiger partial charge < -0.3 is 14.0 Å². The molecule has 0 amide bonds. The quantitative estimate of drug-likeness (QED) is 0.756. The number of thioether (sulfide) groups is 1. The summed E-state index contributed by atoms with van der Waals surface area (Å²) >= 11 is 1.13. The lowest BCUT2D eigenvalue weighted by Crippen LogP contribution is -2.33. The van der Waals surface area contributed by atoms with Gasteiger partial charge in [0.15, 0.2) is 11.6 Å². The van der Waals surface area contributed by atoms with E-state index >= 15 is 0 Å². The van der Waals surface area contributed by atoms with Gasteiger partial charge in [-0.2, -0.15) is 0 Å². The second-order valence-corrected chi connectivity index (χ2v) is 7.16. The van der Waals surface area contributed by atoms with E-state index in [1.807, 2.05) is 0 Å². The van der Waals surface area contributed by atoms with Crippen molar-refractivity contribution in [3.05, 3.63) is 39.6 Å². The Morgan fingerprint density at radius 3 is 2.54 bits per heavy atom. The van der Waals surface area contributed by atoms with E-state index in [4.69, 9.17) is 9.47 Å². The van der Waals surface area contributed by atoms with Gasteiger partial charge in [-0.25, -0.2) is 13.6 Å². The SMILES string of the molecule is CC(=O)OCC1Sc2c(C(=O)OC(C)C)c(=O)c3cc(F)c(F)cc3n21. The molecule has 0 N–H and O–H groups in total. The van der Waals surface area contributed by atoms with E-state index in [2.05, 4.69) is 0 Å². The average molecular weight is 383 g/mol. The van der Waals surface area contributed by atoms with Crippen molar-refractivity contribution in [1.29, 1.82) is 0 Å². The fraction of sp³-hybridized carbons (Fsp3) is 0.353. The molecule has 2 heterocycles. The normalized spacial score (nSPS) is 15.5. The molecular formula is C17H15F2NO5S. The molecule has 0 saturated carbocycles. The number of fused-ring (bicyclic) bond motifs is 3. The first kappa shape index (κ1) is 18.4. The summed E-state index contributed by atoms with van der Waals surface area (Å²) in [5.41, 5.74) is -0.837. The van der Waals surface area contributed by atoms with Crippen LogP contribution < -0.4 is 5.43 Å². The summed E-state index contributed by atoms with van der Waals surface area (Å²) in [6.45, 7) is 4.47. The molecule has 0 fully saturated rings. The standard InChI is InChI=1S/C17H15F2NO5S/c1-7(2)25-17(23)14-15(22)9-4-10(18)11(19)5-12(9)20-13(26-16(14)20)6-24-8(3)21/h4-5,7,13H,6H2,1-3H3. The minimum absolute atomic E-state index is 0.0391. The maximum absolute atomic E-state index is 13.7. The summed E-state index contributed by atoms with van der Waals surface area (Å²) in [5, 5.41) is -0.333. The molecule has 1 aliphatic heterocycles. The Morgan fingerprint density at radius 2 is 1.92 bits per heavy atom. The van der Waals surface area contributed by atoms with Crippen LogP contribution >= 0.6 is 11.8 Å². The minimum Gasteiger partial charge on any atom is -0.463 e. The predicted octanol–water partition coefficient (Wildman–Crippen LogP) is 3.01. The van der Waals surface area contributed by atoms with Gasteiger partial charge in [-0.1, -0.05) is 11.8 Å². The Bertz CT molecular complexity index is 986. The molecule has 1 aliphatic rings. The molecule has 3 rings (SSSR count). The lowest BCUT2D eigenvalue weighted by molar-refractivity contribution is -0.141. The Balaban J connectivity index is 2.21. The maximum Gasteiger partial charge on any atom is 0.345 e. The van der Waals surface area contributed by atoms with Crippen LogP contribution in [0, 0.1) is 11.6 Å². The fourth-order valence-electron chi connectivity index (χ4n) is 2.66. The first-order valence-corrected chi connectivity index (χ1v) is 8.67. The zero-order chi connectivity index (χ0) is 19.2. The summed E-state index contributed by atoms with van der Waals surface area (Å²) in [5.74, 6) is -3.64. The van der Waals surface area contributed by atoms with Crippen molar-refractivity contribution in [2.75, 3.05) is 6.61 Å². The van der Waals surface area contributed by atoms with Gasteiger partial charge in [0.05, 0.1) is 16.6 Å². The highest BCUT2D eigenvalue weighted by molar-refractivity contribution is 8.00. The fourth-order valence-corrected chi connectivity index (χ4v) is 3.85. The third-order valence-corrected chi connectivity index (χ3v) is 4.96. The molecule has 1 atom stereocenters. The van der Waals surface area contributed by atoms with Crippen LogP contribution in [0.5, 0.6) is 0 Å². The Hall–Kier alpha value is -2.42. The summed E-state index contributed by atoms with van der Waals surface area (Å²) in [6, 6.07) is 1.66. The van der Waals surface area contributed by atoms with Gasteiger partial charge in [0.2, 0.25) is 5.43 Å². The number of esters is 2. The van der Waals surface area contributed by atoms with Crippen molar-refractivity contribution in [3.63, 3.8) is 0 Å².